The van der Waals surface area contributed by atoms with Crippen molar-refractivity contribution in [2.75, 3.05) is 0 Å². The van der Waals surface area contributed by atoms with Gasteiger partial charge in [0.2, 0.25) is 11.2 Å². The van der Waals surface area contributed by atoms with E-state index in [2.05, 4.69) is 32.8 Å². The molecule has 162 valence electrons. The summed E-state index contributed by atoms with van der Waals surface area (Å²) in [6, 6.07) is 1.14. The van der Waals surface area contributed by atoms with Crippen LogP contribution in [0.1, 0.15) is 60.0 Å². The van der Waals surface area contributed by atoms with E-state index < -0.39 is 0 Å². The van der Waals surface area contributed by atoms with Gasteiger partial charge in [-0.05, 0) is 41.5 Å². The van der Waals surface area contributed by atoms with Gasteiger partial charge in [0, 0.05) is 57.2 Å². The van der Waals surface area contributed by atoms with Gasteiger partial charge in [-0.2, -0.15) is 5.10 Å². The zero-order chi connectivity index (χ0) is 22.3. The molecule has 0 fully saturated rings. The second-order valence-corrected chi connectivity index (χ2v) is 7.85. The minimum absolute atomic E-state index is 0.321. The largest absolute Gasteiger partial charge is 0.335 e. The Balaban J connectivity index is 0.000000218. The molecule has 3 heterocycles. The van der Waals surface area contributed by atoms with Crippen molar-refractivity contribution < 1.29 is 0 Å². The van der Waals surface area contributed by atoms with Crippen molar-refractivity contribution in [1.29, 1.82) is 16.2 Å². The first-order valence-electron chi connectivity index (χ1n) is 9.92. The predicted octanol–water partition coefficient (Wildman–Crippen LogP) is 2.76. The molecule has 0 spiro atoms. The van der Waals surface area contributed by atoms with E-state index in [1.807, 2.05) is 55.0 Å². The molecule has 2 aromatic rings. The Hall–Kier alpha value is -2.84. The van der Waals surface area contributed by atoms with Crippen LogP contribution in [0.5, 0.6) is 0 Å². The molecule has 0 saturated heterocycles. The summed E-state index contributed by atoms with van der Waals surface area (Å²) in [5.41, 5.74) is 0.991. The smallest absolute Gasteiger partial charge is 0.219 e. The third kappa shape index (κ3) is 6.62. The van der Waals surface area contributed by atoms with Crippen LogP contribution in [0.2, 0.25) is 0 Å². The van der Waals surface area contributed by atoms with Gasteiger partial charge in [-0.1, -0.05) is 6.08 Å². The molecule has 3 N–H and O–H groups in total. The van der Waals surface area contributed by atoms with E-state index in [1.165, 1.54) is 0 Å². The number of hydrogen-bond acceptors (Lipinski definition) is 4. The van der Waals surface area contributed by atoms with Gasteiger partial charge in [-0.3, -0.25) is 20.8 Å². The average molecular weight is 404 g/mol. The number of hydrogen-bond donors (Lipinski definition) is 3. The lowest BCUT2D eigenvalue weighted by Crippen LogP contribution is -2.27. The highest BCUT2D eigenvalue weighted by molar-refractivity contribution is 5.84. The normalized spacial score (nSPS) is 13.1. The minimum Gasteiger partial charge on any atom is -0.335 e. The lowest BCUT2D eigenvalue weighted by Gasteiger charge is -2.19. The van der Waals surface area contributed by atoms with Crippen LogP contribution < -0.4 is 11.2 Å². The van der Waals surface area contributed by atoms with Crippen LogP contribution in [0, 0.1) is 16.2 Å². The lowest BCUT2D eigenvalue weighted by molar-refractivity contribution is 0.462. The molecule has 9 heteroatoms. The summed E-state index contributed by atoms with van der Waals surface area (Å²) in [7, 11) is 3.64. The van der Waals surface area contributed by atoms with Gasteiger partial charge in [-0.25, -0.2) is 4.68 Å². The summed E-state index contributed by atoms with van der Waals surface area (Å²) in [6.07, 6.45) is 10.3. The van der Waals surface area contributed by atoms with Gasteiger partial charge >= 0.3 is 0 Å². The molecule has 0 saturated carbocycles. The van der Waals surface area contributed by atoms with Gasteiger partial charge in [0.05, 0.1) is 0 Å². The van der Waals surface area contributed by atoms with E-state index in [0.29, 0.717) is 35.2 Å². The van der Waals surface area contributed by atoms with E-state index in [4.69, 9.17) is 16.2 Å². The number of rotatable bonds is 3. The molecule has 9 nitrogen and oxygen atoms in total. The second-order valence-electron chi connectivity index (χ2n) is 7.85. The zero-order valence-electron chi connectivity index (χ0n) is 19.0. The third-order valence-electron chi connectivity index (χ3n) is 4.49. The fourth-order valence-electron chi connectivity index (χ4n) is 2.66. The summed E-state index contributed by atoms with van der Waals surface area (Å²) in [5, 5.41) is 26.3. The third-order valence-corrected chi connectivity index (χ3v) is 4.49. The molecule has 0 radical (unpaired) electrons. The molecule has 0 aliphatic carbocycles. The molecule has 0 atom stereocenters. The maximum absolute atomic E-state index is 7.53. The molecule has 0 bridgehead atoms. The van der Waals surface area contributed by atoms with Crippen molar-refractivity contribution >= 4 is 5.84 Å². The van der Waals surface area contributed by atoms with Gasteiger partial charge in [0.15, 0.2) is 0 Å². The lowest BCUT2D eigenvalue weighted by atomic mass is 10.3. The summed E-state index contributed by atoms with van der Waals surface area (Å²) in [6.45, 7) is 12.4. The van der Waals surface area contributed by atoms with Crippen molar-refractivity contribution in [3.05, 3.63) is 42.2 Å². The molecule has 0 unspecified atom stereocenters. The van der Waals surface area contributed by atoms with E-state index >= 15 is 0 Å². The first-order chi connectivity index (χ1) is 13.5. The van der Waals surface area contributed by atoms with E-state index in [1.54, 1.807) is 27.2 Å². The highest BCUT2D eigenvalue weighted by Gasteiger charge is 2.12. The Morgan fingerprint density at radius 3 is 1.62 bits per heavy atom. The Morgan fingerprint density at radius 1 is 0.828 bits per heavy atom. The number of aromatic nitrogens is 5. The molecule has 2 aromatic heterocycles. The summed E-state index contributed by atoms with van der Waals surface area (Å²) >= 11 is 0. The van der Waals surface area contributed by atoms with Crippen molar-refractivity contribution in [2.24, 2.45) is 14.1 Å². The minimum atomic E-state index is 0.321. The van der Waals surface area contributed by atoms with Crippen LogP contribution >= 0.6 is 0 Å². The Labute approximate surface area is 173 Å². The number of nitrogens with zero attached hydrogens (tertiary/aromatic N) is 6. The highest BCUT2D eigenvalue weighted by atomic mass is 15.4. The maximum Gasteiger partial charge on any atom is 0.219 e. The number of aryl methyl sites for hydroxylation is 2. The first-order valence-corrected chi connectivity index (χ1v) is 9.92. The molecule has 29 heavy (non-hydrogen) atoms. The van der Waals surface area contributed by atoms with Crippen LogP contribution in [0.4, 0.5) is 0 Å². The van der Waals surface area contributed by atoms with Crippen molar-refractivity contribution in [1.82, 2.24) is 28.4 Å². The fourth-order valence-corrected chi connectivity index (χ4v) is 2.66. The standard InChI is InChI=1S/C7H13N3.C7H12N2.C6H12N4/c1-6(2)10-5-4-9(3)7(10)8;1-6(2)9-5-3-4-7(9)8;1-5(2)10-4-8-9(3)6(10)7/h4-6,8H,1-3H3;3,5-6,8H,4H2,1-2H3;4-5,7H,1-3H3. The van der Waals surface area contributed by atoms with Crippen LogP contribution in [-0.4, -0.2) is 40.3 Å². The fraction of sp³-hybridized carbons (Fsp3) is 0.600. The van der Waals surface area contributed by atoms with Crippen molar-refractivity contribution in [2.45, 2.75) is 66.1 Å². The Kier molecular flexibility index (Phi) is 8.87. The van der Waals surface area contributed by atoms with Gasteiger partial charge in [0.1, 0.15) is 12.2 Å². The van der Waals surface area contributed by atoms with E-state index in [9.17, 15) is 0 Å². The highest BCUT2D eigenvalue weighted by Crippen LogP contribution is 2.09. The van der Waals surface area contributed by atoms with Crippen molar-refractivity contribution in [3.8, 4) is 0 Å². The van der Waals surface area contributed by atoms with E-state index in [0.717, 1.165) is 6.42 Å². The average Bonchev–Trinajstić information content (AvgIpc) is 3.30. The summed E-state index contributed by atoms with van der Waals surface area (Å²) in [4.78, 5) is 1.97. The molecule has 1 aliphatic rings. The first kappa shape index (κ1) is 24.2. The van der Waals surface area contributed by atoms with Gasteiger partial charge in [-0.15, -0.1) is 0 Å². The van der Waals surface area contributed by atoms with Crippen molar-refractivity contribution in [3.63, 3.8) is 0 Å². The topological polar surface area (TPSA) is 107 Å². The quantitative estimate of drug-likeness (QED) is 0.733. The number of nitrogens with one attached hydrogen (secondary N) is 3. The monoisotopic (exact) mass is 403 g/mol. The molecular formula is C20H37N9. The summed E-state index contributed by atoms with van der Waals surface area (Å²) in [5.74, 6) is 0.713. The van der Waals surface area contributed by atoms with Gasteiger partial charge in [0.25, 0.3) is 0 Å². The molecule has 0 aromatic carbocycles. The van der Waals surface area contributed by atoms with Crippen LogP contribution in [0.15, 0.2) is 31.0 Å². The number of amidine groups is 1. The zero-order valence-corrected chi connectivity index (χ0v) is 19.0. The SMILES string of the molecule is CC(C)N1C=CCC1=N.CC(C)n1ccn(C)c1=N.CC(C)n1cnn(C)c1=N. The molecule has 3 rings (SSSR count). The maximum atomic E-state index is 7.53. The number of imidazole rings is 1. The second kappa shape index (κ2) is 10.6. The van der Waals surface area contributed by atoms with E-state index in [-0.39, 0.29) is 0 Å². The Morgan fingerprint density at radius 2 is 1.41 bits per heavy atom. The molecule has 1 aliphatic heterocycles. The van der Waals surface area contributed by atoms with Crippen LogP contribution in [0.25, 0.3) is 0 Å². The molecule has 0 amide bonds. The van der Waals surface area contributed by atoms with Gasteiger partial charge < -0.3 is 14.0 Å². The predicted molar refractivity (Wildman–Crippen MR) is 116 cm³/mol. The van der Waals surface area contributed by atoms with Crippen LogP contribution in [0.3, 0.4) is 0 Å². The Bertz CT molecular complexity index is 860. The van der Waals surface area contributed by atoms with Crippen LogP contribution in [-0.2, 0) is 14.1 Å². The summed E-state index contributed by atoms with van der Waals surface area (Å²) < 4.78 is 7.06. The molecular weight excluding hydrogens is 366 g/mol.